The van der Waals surface area contributed by atoms with Crippen molar-refractivity contribution in [2.24, 2.45) is 0 Å². The van der Waals surface area contributed by atoms with E-state index >= 15 is 0 Å². The van der Waals surface area contributed by atoms with Gasteiger partial charge in [0, 0.05) is 6.08 Å². The van der Waals surface area contributed by atoms with Crippen molar-refractivity contribution in [2.75, 3.05) is 0 Å². The Bertz CT molecular complexity index is 629. The number of carbonyl (C=O) groups is 1. The number of aryl methyl sites for hydroxylation is 1. The third-order valence-electron chi connectivity index (χ3n) is 3.23. The summed E-state index contributed by atoms with van der Waals surface area (Å²) < 4.78 is 12.9. The molecule has 0 heterocycles. The van der Waals surface area contributed by atoms with Crippen LogP contribution < -0.4 is 5.32 Å². The molecule has 0 aliphatic rings. The van der Waals surface area contributed by atoms with Crippen LogP contribution in [0.25, 0.3) is 6.08 Å². The van der Waals surface area contributed by atoms with E-state index in [1.807, 2.05) is 38.1 Å². The molecule has 0 unspecified atom stereocenters. The van der Waals surface area contributed by atoms with Crippen molar-refractivity contribution in [1.29, 1.82) is 0 Å². The number of carbonyl (C=O) groups excluding carboxylic acids is 1. The third kappa shape index (κ3) is 4.56. The van der Waals surface area contributed by atoms with Crippen LogP contribution in [0.2, 0.25) is 0 Å². The summed E-state index contributed by atoms with van der Waals surface area (Å²) in [5, 5.41) is 2.85. The molecule has 1 N–H and O–H groups in total. The highest BCUT2D eigenvalue weighted by Gasteiger charge is 2.07. The van der Waals surface area contributed by atoms with Gasteiger partial charge in [-0.15, -0.1) is 0 Å². The third-order valence-corrected chi connectivity index (χ3v) is 3.23. The molecule has 1 atom stereocenters. The second-order valence-electron chi connectivity index (χ2n) is 5.03. The van der Waals surface area contributed by atoms with Crippen LogP contribution in [0.3, 0.4) is 0 Å². The molecule has 3 heteroatoms. The first-order valence-corrected chi connectivity index (χ1v) is 6.85. The molecule has 0 aliphatic heterocycles. The molecule has 0 aliphatic carbocycles. The summed E-state index contributed by atoms with van der Waals surface area (Å²) in [5.74, 6) is -0.455. The van der Waals surface area contributed by atoms with E-state index in [-0.39, 0.29) is 17.8 Å². The van der Waals surface area contributed by atoms with Crippen LogP contribution in [-0.2, 0) is 4.79 Å². The normalized spacial score (nSPS) is 12.3. The Labute approximate surface area is 124 Å². The minimum Gasteiger partial charge on any atom is -0.346 e. The van der Waals surface area contributed by atoms with Crippen LogP contribution in [0.15, 0.2) is 54.6 Å². The zero-order valence-electron chi connectivity index (χ0n) is 12.1. The summed E-state index contributed by atoms with van der Waals surface area (Å²) in [6, 6.07) is 13.9. The standard InChI is InChI=1S/C18H18FNO/c1-13-3-5-15(6-4-13)7-12-18(21)20-14(2)16-8-10-17(19)11-9-16/h3-12,14H,1-2H3,(H,20,21)/b12-7+/t14-/m1/s1. The number of benzene rings is 2. The van der Waals surface area contributed by atoms with Gasteiger partial charge in [-0.05, 0) is 43.2 Å². The van der Waals surface area contributed by atoms with E-state index in [4.69, 9.17) is 0 Å². The zero-order chi connectivity index (χ0) is 15.2. The largest absolute Gasteiger partial charge is 0.346 e. The lowest BCUT2D eigenvalue weighted by Crippen LogP contribution is -2.24. The van der Waals surface area contributed by atoms with Gasteiger partial charge in [0.15, 0.2) is 0 Å². The fraction of sp³-hybridized carbons (Fsp3) is 0.167. The number of hydrogen-bond acceptors (Lipinski definition) is 1. The molecule has 2 aromatic rings. The summed E-state index contributed by atoms with van der Waals surface area (Å²) in [6.45, 7) is 3.88. The fourth-order valence-electron chi connectivity index (χ4n) is 1.95. The predicted molar refractivity (Wildman–Crippen MR) is 83.2 cm³/mol. The van der Waals surface area contributed by atoms with Gasteiger partial charge in [-0.2, -0.15) is 0 Å². The highest BCUT2D eigenvalue weighted by molar-refractivity contribution is 5.91. The van der Waals surface area contributed by atoms with Crippen molar-refractivity contribution < 1.29 is 9.18 Å². The molecule has 0 saturated heterocycles. The molecule has 21 heavy (non-hydrogen) atoms. The fourth-order valence-corrected chi connectivity index (χ4v) is 1.95. The lowest BCUT2D eigenvalue weighted by Gasteiger charge is -2.12. The molecule has 108 valence electrons. The Morgan fingerprint density at radius 1 is 1.10 bits per heavy atom. The second-order valence-corrected chi connectivity index (χ2v) is 5.03. The van der Waals surface area contributed by atoms with Crippen LogP contribution in [0.1, 0.15) is 29.7 Å². The van der Waals surface area contributed by atoms with Crippen molar-refractivity contribution in [1.82, 2.24) is 5.32 Å². The van der Waals surface area contributed by atoms with Crippen LogP contribution >= 0.6 is 0 Å². The summed E-state index contributed by atoms with van der Waals surface area (Å²) in [6.07, 6.45) is 3.27. The molecule has 1 amide bonds. The van der Waals surface area contributed by atoms with Crippen molar-refractivity contribution >= 4 is 12.0 Å². The van der Waals surface area contributed by atoms with Crippen molar-refractivity contribution in [2.45, 2.75) is 19.9 Å². The van der Waals surface area contributed by atoms with Gasteiger partial charge in [-0.3, -0.25) is 4.79 Å². The number of halogens is 1. The molecule has 0 spiro atoms. The van der Waals surface area contributed by atoms with Gasteiger partial charge in [0.2, 0.25) is 5.91 Å². The van der Waals surface area contributed by atoms with Gasteiger partial charge in [-0.1, -0.05) is 42.0 Å². The maximum atomic E-state index is 12.9. The summed E-state index contributed by atoms with van der Waals surface area (Å²) in [5.41, 5.74) is 3.03. The highest BCUT2D eigenvalue weighted by Crippen LogP contribution is 2.13. The molecular formula is C18H18FNO. The SMILES string of the molecule is Cc1ccc(/C=C/C(=O)N[C@H](C)c2ccc(F)cc2)cc1. The first kappa shape index (κ1) is 15.0. The lowest BCUT2D eigenvalue weighted by atomic mass is 10.1. The van der Waals surface area contributed by atoms with E-state index in [1.165, 1.54) is 23.8 Å². The van der Waals surface area contributed by atoms with Crippen LogP contribution in [0.4, 0.5) is 4.39 Å². The van der Waals surface area contributed by atoms with Crippen molar-refractivity contribution in [3.63, 3.8) is 0 Å². The maximum Gasteiger partial charge on any atom is 0.244 e. The molecule has 2 nitrogen and oxygen atoms in total. The Morgan fingerprint density at radius 3 is 2.33 bits per heavy atom. The van der Waals surface area contributed by atoms with E-state index in [1.54, 1.807) is 18.2 Å². The minimum absolute atomic E-state index is 0.166. The maximum absolute atomic E-state index is 12.9. The first-order chi connectivity index (χ1) is 10.0. The molecule has 2 rings (SSSR count). The first-order valence-electron chi connectivity index (χ1n) is 6.85. The van der Waals surface area contributed by atoms with E-state index in [0.717, 1.165) is 11.1 Å². The Kier molecular flexibility index (Phi) is 4.88. The van der Waals surface area contributed by atoms with E-state index in [0.29, 0.717) is 0 Å². The van der Waals surface area contributed by atoms with Gasteiger partial charge in [-0.25, -0.2) is 4.39 Å². The van der Waals surface area contributed by atoms with Crippen molar-refractivity contribution in [3.05, 3.63) is 77.1 Å². The Hall–Kier alpha value is -2.42. The van der Waals surface area contributed by atoms with Gasteiger partial charge < -0.3 is 5.32 Å². The van der Waals surface area contributed by atoms with E-state index in [9.17, 15) is 9.18 Å². The number of amides is 1. The van der Waals surface area contributed by atoms with E-state index in [2.05, 4.69) is 5.32 Å². The molecule has 0 aromatic heterocycles. The number of nitrogens with one attached hydrogen (secondary N) is 1. The zero-order valence-corrected chi connectivity index (χ0v) is 12.1. The average molecular weight is 283 g/mol. The predicted octanol–water partition coefficient (Wildman–Crippen LogP) is 4.02. The molecule has 0 fully saturated rings. The van der Waals surface area contributed by atoms with Crippen LogP contribution in [0, 0.1) is 12.7 Å². The van der Waals surface area contributed by atoms with Gasteiger partial charge in [0.25, 0.3) is 0 Å². The smallest absolute Gasteiger partial charge is 0.244 e. The van der Waals surface area contributed by atoms with Gasteiger partial charge >= 0.3 is 0 Å². The molecule has 2 aromatic carbocycles. The van der Waals surface area contributed by atoms with Crippen LogP contribution in [0.5, 0.6) is 0 Å². The van der Waals surface area contributed by atoms with Crippen LogP contribution in [-0.4, -0.2) is 5.91 Å². The quantitative estimate of drug-likeness (QED) is 0.843. The summed E-state index contributed by atoms with van der Waals surface area (Å²) in [4.78, 5) is 11.9. The summed E-state index contributed by atoms with van der Waals surface area (Å²) in [7, 11) is 0. The van der Waals surface area contributed by atoms with Crippen molar-refractivity contribution in [3.8, 4) is 0 Å². The highest BCUT2D eigenvalue weighted by atomic mass is 19.1. The van der Waals surface area contributed by atoms with Gasteiger partial charge in [0.05, 0.1) is 6.04 Å². The Morgan fingerprint density at radius 2 is 1.71 bits per heavy atom. The van der Waals surface area contributed by atoms with Gasteiger partial charge in [0.1, 0.15) is 5.82 Å². The molecule has 0 radical (unpaired) electrons. The topological polar surface area (TPSA) is 29.1 Å². The monoisotopic (exact) mass is 283 g/mol. The summed E-state index contributed by atoms with van der Waals surface area (Å²) >= 11 is 0. The number of rotatable bonds is 4. The molecular weight excluding hydrogens is 265 g/mol. The lowest BCUT2D eigenvalue weighted by molar-refractivity contribution is -0.117. The van der Waals surface area contributed by atoms with E-state index < -0.39 is 0 Å². The Balaban J connectivity index is 1.94. The number of hydrogen-bond donors (Lipinski definition) is 1. The average Bonchev–Trinajstić information content (AvgIpc) is 2.47. The molecule has 0 bridgehead atoms. The second kappa shape index (κ2) is 6.84. The minimum atomic E-state index is -0.281. The molecule has 0 saturated carbocycles.